The molecule has 0 amide bonds. The molecule has 4 nitrogen and oxygen atoms in total. The zero-order valence-electron chi connectivity index (χ0n) is 8.36. The molecule has 0 atom stereocenters. The quantitative estimate of drug-likeness (QED) is 0.869. The van der Waals surface area contributed by atoms with Gasteiger partial charge in [0.2, 0.25) is 0 Å². The SMILES string of the molecule is Nc1cnc(N(CCO)C2CC2)c(Br)c1. The van der Waals surface area contributed by atoms with Crippen LogP contribution in [0.4, 0.5) is 11.5 Å². The molecule has 1 fully saturated rings. The lowest BCUT2D eigenvalue weighted by Gasteiger charge is -2.23. The molecule has 0 aromatic carbocycles. The summed E-state index contributed by atoms with van der Waals surface area (Å²) in [6.45, 7) is 0.773. The van der Waals surface area contributed by atoms with Crippen molar-refractivity contribution in [1.29, 1.82) is 0 Å². The van der Waals surface area contributed by atoms with Gasteiger partial charge < -0.3 is 15.7 Å². The number of anilines is 2. The summed E-state index contributed by atoms with van der Waals surface area (Å²) in [6, 6.07) is 2.37. The molecule has 1 aliphatic carbocycles. The van der Waals surface area contributed by atoms with E-state index < -0.39 is 0 Å². The van der Waals surface area contributed by atoms with Crippen LogP contribution >= 0.6 is 15.9 Å². The average Bonchev–Trinajstić information content (AvgIpc) is 2.98. The number of nitrogens with zero attached hydrogens (tertiary/aromatic N) is 2. The predicted molar refractivity (Wildman–Crippen MR) is 63.8 cm³/mol. The second-order valence-corrected chi connectivity index (χ2v) is 4.58. The maximum absolute atomic E-state index is 9.01. The highest BCUT2D eigenvalue weighted by Gasteiger charge is 2.30. The van der Waals surface area contributed by atoms with Crippen LogP contribution in [0, 0.1) is 0 Å². The number of rotatable bonds is 4. The number of aromatic nitrogens is 1. The molecule has 0 saturated heterocycles. The normalized spacial score (nSPS) is 15.3. The lowest BCUT2D eigenvalue weighted by atomic mass is 10.3. The van der Waals surface area contributed by atoms with Gasteiger partial charge in [-0.2, -0.15) is 0 Å². The van der Waals surface area contributed by atoms with Crippen LogP contribution in [0.3, 0.4) is 0 Å². The fourth-order valence-corrected chi connectivity index (χ4v) is 2.21. The van der Waals surface area contributed by atoms with Crippen molar-refractivity contribution in [3.8, 4) is 0 Å². The van der Waals surface area contributed by atoms with Gasteiger partial charge >= 0.3 is 0 Å². The first-order chi connectivity index (χ1) is 7.22. The van der Waals surface area contributed by atoms with Gasteiger partial charge in [0.25, 0.3) is 0 Å². The van der Waals surface area contributed by atoms with Gasteiger partial charge in [-0.25, -0.2) is 4.98 Å². The third-order valence-electron chi connectivity index (χ3n) is 2.44. The first-order valence-corrected chi connectivity index (χ1v) is 5.80. The Morgan fingerprint density at radius 2 is 2.33 bits per heavy atom. The Morgan fingerprint density at radius 1 is 1.60 bits per heavy atom. The van der Waals surface area contributed by atoms with E-state index in [9.17, 15) is 0 Å². The molecule has 0 aliphatic heterocycles. The molecule has 2 rings (SSSR count). The largest absolute Gasteiger partial charge is 0.397 e. The minimum Gasteiger partial charge on any atom is -0.397 e. The van der Waals surface area contributed by atoms with Crippen LogP contribution in [0.5, 0.6) is 0 Å². The summed E-state index contributed by atoms with van der Waals surface area (Å²) in [5, 5.41) is 9.01. The summed E-state index contributed by atoms with van der Waals surface area (Å²) in [4.78, 5) is 6.43. The average molecular weight is 272 g/mol. The van der Waals surface area contributed by atoms with Gasteiger partial charge in [-0.05, 0) is 34.8 Å². The van der Waals surface area contributed by atoms with E-state index in [0.29, 0.717) is 18.3 Å². The van der Waals surface area contributed by atoms with Crippen molar-refractivity contribution in [2.45, 2.75) is 18.9 Å². The summed E-state index contributed by atoms with van der Waals surface area (Å²) in [7, 11) is 0. The van der Waals surface area contributed by atoms with Gasteiger partial charge in [0.15, 0.2) is 0 Å². The Kier molecular flexibility index (Phi) is 3.11. The molecule has 3 N–H and O–H groups in total. The molecule has 1 aliphatic rings. The second kappa shape index (κ2) is 4.37. The van der Waals surface area contributed by atoms with Gasteiger partial charge in [0, 0.05) is 12.6 Å². The third-order valence-corrected chi connectivity index (χ3v) is 3.03. The Labute approximate surface area is 97.2 Å². The summed E-state index contributed by atoms with van der Waals surface area (Å²) >= 11 is 3.45. The van der Waals surface area contributed by atoms with Crippen LogP contribution in [-0.4, -0.2) is 29.3 Å². The summed E-state index contributed by atoms with van der Waals surface area (Å²) < 4.78 is 0.892. The molecule has 5 heteroatoms. The first-order valence-electron chi connectivity index (χ1n) is 5.01. The van der Waals surface area contributed by atoms with Crippen molar-refractivity contribution >= 4 is 27.4 Å². The molecule has 0 bridgehead atoms. The van der Waals surface area contributed by atoms with Gasteiger partial charge in [-0.1, -0.05) is 0 Å². The molecule has 1 aromatic rings. The van der Waals surface area contributed by atoms with E-state index in [0.717, 1.165) is 10.3 Å². The molecule has 82 valence electrons. The highest BCUT2D eigenvalue weighted by Crippen LogP contribution is 2.34. The molecule has 1 heterocycles. The van der Waals surface area contributed by atoms with Crippen molar-refractivity contribution < 1.29 is 5.11 Å². The van der Waals surface area contributed by atoms with Crippen molar-refractivity contribution in [2.24, 2.45) is 0 Å². The van der Waals surface area contributed by atoms with Crippen molar-refractivity contribution in [1.82, 2.24) is 4.98 Å². The van der Waals surface area contributed by atoms with Crippen molar-refractivity contribution in [3.63, 3.8) is 0 Å². The lowest BCUT2D eigenvalue weighted by Crippen LogP contribution is -2.30. The number of aliphatic hydroxyl groups excluding tert-OH is 1. The molecule has 0 unspecified atom stereocenters. The highest BCUT2D eigenvalue weighted by atomic mass is 79.9. The van der Waals surface area contributed by atoms with Crippen LogP contribution in [0.25, 0.3) is 0 Å². The van der Waals surface area contributed by atoms with Crippen LogP contribution < -0.4 is 10.6 Å². The van der Waals surface area contributed by atoms with E-state index in [1.165, 1.54) is 12.8 Å². The fourth-order valence-electron chi connectivity index (χ4n) is 1.61. The summed E-state index contributed by atoms with van der Waals surface area (Å²) in [6.07, 6.45) is 4.00. The van der Waals surface area contributed by atoms with Crippen molar-refractivity contribution in [3.05, 3.63) is 16.7 Å². The number of halogens is 1. The van der Waals surface area contributed by atoms with E-state index >= 15 is 0 Å². The Bertz CT molecular complexity index is 355. The van der Waals surface area contributed by atoms with Gasteiger partial charge in [0.05, 0.1) is 23.0 Å². The Morgan fingerprint density at radius 3 is 2.87 bits per heavy atom. The molecular formula is C10H14BrN3O. The maximum atomic E-state index is 9.01. The number of hydrogen-bond acceptors (Lipinski definition) is 4. The van der Waals surface area contributed by atoms with E-state index in [-0.39, 0.29) is 6.61 Å². The van der Waals surface area contributed by atoms with Gasteiger partial charge in [-0.3, -0.25) is 0 Å². The minimum atomic E-state index is 0.148. The molecule has 1 saturated carbocycles. The minimum absolute atomic E-state index is 0.148. The van der Waals surface area contributed by atoms with Gasteiger partial charge in [-0.15, -0.1) is 0 Å². The van der Waals surface area contributed by atoms with Crippen LogP contribution in [0.1, 0.15) is 12.8 Å². The third kappa shape index (κ3) is 2.41. The standard InChI is InChI=1S/C10H14BrN3O/c11-9-5-7(12)6-13-10(9)14(3-4-15)8-1-2-8/h5-6,8,15H,1-4,12H2. The lowest BCUT2D eigenvalue weighted by molar-refractivity contribution is 0.301. The van der Waals surface area contributed by atoms with E-state index in [1.54, 1.807) is 6.20 Å². The van der Waals surface area contributed by atoms with Crippen LogP contribution in [0.2, 0.25) is 0 Å². The zero-order valence-corrected chi connectivity index (χ0v) is 9.94. The summed E-state index contributed by atoms with van der Waals surface area (Å²) in [5.41, 5.74) is 6.28. The topological polar surface area (TPSA) is 62.4 Å². The molecular weight excluding hydrogens is 258 g/mol. The molecule has 0 radical (unpaired) electrons. The molecule has 15 heavy (non-hydrogen) atoms. The Balaban J connectivity index is 2.24. The van der Waals surface area contributed by atoms with Crippen LogP contribution in [-0.2, 0) is 0 Å². The summed E-state index contributed by atoms with van der Waals surface area (Å²) in [5.74, 6) is 0.876. The number of hydrogen-bond donors (Lipinski definition) is 2. The molecule has 0 spiro atoms. The maximum Gasteiger partial charge on any atom is 0.143 e. The van der Waals surface area contributed by atoms with Crippen molar-refractivity contribution in [2.75, 3.05) is 23.8 Å². The number of nitrogen functional groups attached to an aromatic ring is 1. The highest BCUT2D eigenvalue weighted by molar-refractivity contribution is 9.10. The van der Waals surface area contributed by atoms with E-state index in [1.807, 2.05) is 6.07 Å². The number of aliphatic hydroxyl groups is 1. The Hall–Kier alpha value is -0.810. The smallest absolute Gasteiger partial charge is 0.143 e. The molecule has 1 aromatic heterocycles. The number of pyridine rings is 1. The number of nitrogens with two attached hydrogens (primary N) is 1. The van der Waals surface area contributed by atoms with E-state index in [2.05, 4.69) is 25.8 Å². The van der Waals surface area contributed by atoms with Crippen LogP contribution in [0.15, 0.2) is 16.7 Å². The predicted octanol–water partition coefficient (Wildman–Crippen LogP) is 1.39. The zero-order chi connectivity index (χ0) is 10.8. The van der Waals surface area contributed by atoms with E-state index in [4.69, 9.17) is 10.8 Å². The second-order valence-electron chi connectivity index (χ2n) is 3.72. The fraction of sp³-hybridized carbons (Fsp3) is 0.500. The first kappa shape index (κ1) is 10.7. The van der Waals surface area contributed by atoms with Gasteiger partial charge in [0.1, 0.15) is 5.82 Å². The monoisotopic (exact) mass is 271 g/mol.